The summed E-state index contributed by atoms with van der Waals surface area (Å²) in [6.07, 6.45) is 0. The van der Waals surface area contributed by atoms with Gasteiger partial charge in [-0.25, -0.2) is 9.82 Å². The zero-order valence-electron chi connectivity index (χ0n) is 11.5. The van der Waals surface area contributed by atoms with Gasteiger partial charge < -0.3 is 0 Å². The minimum absolute atomic E-state index is 0.0987. The highest BCUT2D eigenvalue weighted by molar-refractivity contribution is 6.30. The fraction of sp³-hybridized carbons (Fsp3) is 0.250. The Labute approximate surface area is 123 Å². The van der Waals surface area contributed by atoms with E-state index in [4.69, 9.17) is 17.4 Å². The van der Waals surface area contributed by atoms with E-state index < -0.39 is 11.9 Å². The third kappa shape index (κ3) is 3.01. The van der Waals surface area contributed by atoms with Crippen LogP contribution in [0.4, 0.5) is 4.39 Å². The Morgan fingerprint density at radius 3 is 2.20 bits per heavy atom. The number of rotatable bonds is 4. The first-order valence-corrected chi connectivity index (χ1v) is 6.92. The maximum Gasteiger partial charge on any atom is 0.146 e. The molecular weight excluding hydrogens is 275 g/mol. The quantitative estimate of drug-likeness (QED) is 0.656. The molecule has 1 unspecified atom stereocenters. The molecule has 2 nitrogen and oxygen atoms in total. The molecule has 3 N–H and O–H groups in total. The van der Waals surface area contributed by atoms with Gasteiger partial charge in [-0.2, -0.15) is 0 Å². The van der Waals surface area contributed by atoms with Crippen LogP contribution < -0.4 is 11.3 Å². The van der Waals surface area contributed by atoms with Crippen molar-refractivity contribution >= 4 is 11.6 Å². The summed E-state index contributed by atoms with van der Waals surface area (Å²) in [6.45, 7) is 4.26. The largest absolute Gasteiger partial charge is 0.271 e. The summed E-state index contributed by atoms with van der Waals surface area (Å²) >= 11 is 5.83. The van der Waals surface area contributed by atoms with Crippen LogP contribution in [0.25, 0.3) is 0 Å². The number of hydrogen-bond acceptors (Lipinski definition) is 2. The van der Waals surface area contributed by atoms with Gasteiger partial charge in [-0.1, -0.05) is 61.8 Å². The molecule has 0 aliphatic rings. The Kier molecular flexibility index (Phi) is 4.76. The molecule has 2 aromatic rings. The van der Waals surface area contributed by atoms with Crippen molar-refractivity contribution in [3.05, 3.63) is 70.0 Å². The van der Waals surface area contributed by atoms with Crippen LogP contribution in [0.1, 0.15) is 42.5 Å². The van der Waals surface area contributed by atoms with Crippen molar-refractivity contribution in [2.75, 3.05) is 0 Å². The van der Waals surface area contributed by atoms with Crippen LogP contribution in [0.5, 0.6) is 0 Å². The van der Waals surface area contributed by atoms with Gasteiger partial charge in [-0.3, -0.25) is 5.84 Å². The summed E-state index contributed by atoms with van der Waals surface area (Å²) in [7, 11) is 0. The van der Waals surface area contributed by atoms with Crippen molar-refractivity contribution in [2.45, 2.75) is 25.8 Å². The van der Waals surface area contributed by atoms with E-state index in [1.807, 2.05) is 24.3 Å². The van der Waals surface area contributed by atoms with E-state index in [1.165, 1.54) is 11.6 Å². The molecule has 0 saturated carbocycles. The highest BCUT2D eigenvalue weighted by Gasteiger charge is 2.18. The van der Waals surface area contributed by atoms with Crippen molar-refractivity contribution in [3.63, 3.8) is 0 Å². The zero-order chi connectivity index (χ0) is 14.7. The summed E-state index contributed by atoms with van der Waals surface area (Å²) in [5.41, 5.74) is 5.23. The highest BCUT2D eigenvalue weighted by atomic mass is 35.5. The van der Waals surface area contributed by atoms with Crippen molar-refractivity contribution in [1.29, 1.82) is 0 Å². The molecule has 0 spiro atoms. The van der Waals surface area contributed by atoms with Gasteiger partial charge in [0.05, 0.1) is 11.1 Å². The maximum absolute atomic E-state index is 14.1. The first-order chi connectivity index (χ1) is 9.54. The summed E-state index contributed by atoms with van der Waals surface area (Å²) in [6, 6.07) is 12.5. The normalized spacial score (nSPS) is 12.7. The topological polar surface area (TPSA) is 38.0 Å². The van der Waals surface area contributed by atoms with Gasteiger partial charge in [0, 0.05) is 5.56 Å². The number of nitrogens with one attached hydrogen (secondary N) is 1. The van der Waals surface area contributed by atoms with Gasteiger partial charge in [0.15, 0.2) is 0 Å². The molecule has 0 saturated heterocycles. The van der Waals surface area contributed by atoms with Gasteiger partial charge in [-0.05, 0) is 23.1 Å². The lowest BCUT2D eigenvalue weighted by atomic mass is 9.95. The first kappa shape index (κ1) is 15.0. The summed E-state index contributed by atoms with van der Waals surface area (Å²) in [5.74, 6) is 5.61. The predicted octanol–water partition coefficient (Wildman–Crippen LogP) is 4.16. The monoisotopic (exact) mass is 292 g/mol. The van der Waals surface area contributed by atoms with Crippen LogP contribution >= 0.6 is 11.6 Å². The molecule has 0 aliphatic heterocycles. The number of benzene rings is 2. The van der Waals surface area contributed by atoms with E-state index in [-0.39, 0.29) is 5.02 Å². The van der Waals surface area contributed by atoms with E-state index >= 15 is 0 Å². The van der Waals surface area contributed by atoms with Crippen LogP contribution in [-0.2, 0) is 0 Å². The fourth-order valence-electron chi connectivity index (χ4n) is 2.18. The minimum Gasteiger partial charge on any atom is -0.271 e. The highest BCUT2D eigenvalue weighted by Crippen LogP contribution is 2.28. The van der Waals surface area contributed by atoms with Crippen LogP contribution in [0.15, 0.2) is 42.5 Å². The third-order valence-electron chi connectivity index (χ3n) is 3.40. The van der Waals surface area contributed by atoms with Crippen LogP contribution in [0.3, 0.4) is 0 Å². The predicted molar refractivity (Wildman–Crippen MR) is 81.1 cm³/mol. The van der Waals surface area contributed by atoms with Crippen LogP contribution in [0, 0.1) is 5.82 Å². The molecule has 0 aliphatic carbocycles. The molecule has 2 aromatic carbocycles. The minimum atomic E-state index is -0.440. The molecule has 0 aromatic heterocycles. The number of nitrogens with two attached hydrogens (primary N) is 1. The Morgan fingerprint density at radius 2 is 1.65 bits per heavy atom. The summed E-state index contributed by atoms with van der Waals surface area (Å²) in [4.78, 5) is 0. The number of hydrazine groups is 1. The first-order valence-electron chi connectivity index (χ1n) is 6.54. The lowest BCUT2D eigenvalue weighted by molar-refractivity contribution is 0.560. The van der Waals surface area contributed by atoms with Crippen LogP contribution in [-0.4, -0.2) is 0 Å². The standard InChI is InChI=1S/C16H18ClFN2/c1-10(2)11-6-8-12(9-7-11)16(20-19)13-4-3-5-14(17)15(13)18/h3-10,16,20H,19H2,1-2H3. The molecule has 0 bridgehead atoms. The van der Waals surface area contributed by atoms with Crippen molar-refractivity contribution in [1.82, 2.24) is 5.43 Å². The number of hydrogen-bond donors (Lipinski definition) is 2. The van der Waals surface area contributed by atoms with E-state index in [2.05, 4.69) is 19.3 Å². The average Bonchev–Trinajstić information content (AvgIpc) is 2.45. The molecule has 0 radical (unpaired) electrons. The van der Waals surface area contributed by atoms with Gasteiger partial charge in [-0.15, -0.1) is 0 Å². The van der Waals surface area contributed by atoms with Gasteiger partial charge in [0.1, 0.15) is 5.82 Å². The van der Waals surface area contributed by atoms with E-state index in [0.717, 1.165) is 5.56 Å². The lowest BCUT2D eigenvalue weighted by Gasteiger charge is -2.19. The molecule has 0 fully saturated rings. The fourth-order valence-corrected chi connectivity index (χ4v) is 2.36. The van der Waals surface area contributed by atoms with E-state index in [1.54, 1.807) is 12.1 Å². The Hall–Kier alpha value is -1.42. The zero-order valence-corrected chi connectivity index (χ0v) is 12.3. The van der Waals surface area contributed by atoms with Crippen molar-refractivity contribution in [3.8, 4) is 0 Å². The second-order valence-electron chi connectivity index (χ2n) is 5.06. The molecule has 2 rings (SSSR count). The summed E-state index contributed by atoms with van der Waals surface area (Å²) < 4.78 is 14.1. The molecule has 0 heterocycles. The lowest BCUT2D eigenvalue weighted by Crippen LogP contribution is -2.29. The molecule has 4 heteroatoms. The molecule has 20 heavy (non-hydrogen) atoms. The van der Waals surface area contributed by atoms with E-state index in [0.29, 0.717) is 11.5 Å². The second-order valence-corrected chi connectivity index (χ2v) is 5.47. The number of halogens is 2. The van der Waals surface area contributed by atoms with Gasteiger partial charge in [0.25, 0.3) is 0 Å². The molecule has 106 valence electrons. The van der Waals surface area contributed by atoms with Crippen molar-refractivity contribution < 1.29 is 4.39 Å². The van der Waals surface area contributed by atoms with Crippen molar-refractivity contribution in [2.24, 2.45) is 5.84 Å². The van der Waals surface area contributed by atoms with Crippen LogP contribution in [0.2, 0.25) is 5.02 Å². The third-order valence-corrected chi connectivity index (χ3v) is 3.69. The smallest absolute Gasteiger partial charge is 0.146 e. The molecule has 0 amide bonds. The molecular formula is C16H18ClFN2. The Balaban J connectivity index is 2.39. The Morgan fingerprint density at radius 1 is 1.05 bits per heavy atom. The Bertz CT molecular complexity index is 582. The van der Waals surface area contributed by atoms with Gasteiger partial charge in [0.2, 0.25) is 0 Å². The van der Waals surface area contributed by atoms with Gasteiger partial charge >= 0.3 is 0 Å². The average molecular weight is 293 g/mol. The summed E-state index contributed by atoms with van der Waals surface area (Å²) in [5, 5.41) is 0.0987. The SMILES string of the molecule is CC(C)c1ccc(C(NN)c2cccc(Cl)c2F)cc1. The molecule has 1 atom stereocenters. The van der Waals surface area contributed by atoms with E-state index in [9.17, 15) is 4.39 Å². The maximum atomic E-state index is 14.1. The second kappa shape index (κ2) is 6.35.